The molecule has 0 heterocycles. The van der Waals surface area contributed by atoms with Gasteiger partial charge in [0.1, 0.15) is 18.3 Å². The van der Waals surface area contributed by atoms with Crippen LogP contribution in [0.4, 0.5) is 5.69 Å². The fraction of sp³-hybridized carbons (Fsp3) is 0.278. The third kappa shape index (κ3) is 9.62. The first-order valence-corrected chi connectivity index (χ1v) is 18.9. The number of hydrogen-bond donors (Lipinski definition) is 1. The Hall–Kier alpha value is -3.80. The van der Waals surface area contributed by atoms with Crippen molar-refractivity contribution in [1.29, 1.82) is 0 Å². The van der Waals surface area contributed by atoms with Crippen molar-refractivity contribution in [3.05, 3.63) is 119 Å². The van der Waals surface area contributed by atoms with Crippen LogP contribution in [-0.4, -0.2) is 57.1 Å². The molecule has 8 nitrogen and oxygen atoms in total. The second-order valence-electron chi connectivity index (χ2n) is 10.7. The average molecular weight is 739 g/mol. The maximum atomic E-state index is 14.7. The summed E-state index contributed by atoms with van der Waals surface area (Å²) in [5.74, 6) is -0.517. The second-order valence-corrected chi connectivity index (χ2v) is 14.4. The molecule has 4 aromatic rings. The zero-order valence-corrected chi connectivity index (χ0v) is 30.0. The molecule has 4 aromatic carbocycles. The Labute approximate surface area is 290 Å². The van der Waals surface area contributed by atoms with E-state index in [2.05, 4.69) is 21.2 Å². The smallest absolute Gasteiger partial charge is 0.264 e. The van der Waals surface area contributed by atoms with E-state index in [1.807, 2.05) is 74.7 Å². The van der Waals surface area contributed by atoms with E-state index in [1.54, 1.807) is 36.4 Å². The van der Waals surface area contributed by atoms with Gasteiger partial charge in [0.05, 0.1) is 17.2 Å². The van der Waals surface area contributed by atoms with Crippen molar-refractivity contribution in [2.45, 2.75) is 49.1 Å². The minimum Gasteiger partial charge on any atom is -0.492 e. The van der Waals surface area contributed by atoms with Crippen molar-refractivity contribution < 1.29 is 22.7 Å². The summed E-state index contributed by atoms with van der Waals surface area (Å²) in [5.41, 5.74) is 1.89. The monoisotopic (exact) mass is 737 g/mol. The number of benzene rings is 4. The van der Waals surface area contributed by atoms with E-state index >= 15 is 0 Å². The first-order valence-electron chi connectivity index (χ1n) is 15.4. The van der Waals surface area contributed by atoms with Gasteiger partial charge in [0.15, 0.2) is 0 Å². The zero-order valence-electron chi connectivity index (χ0n) is 26.8. The molecule has 0 aromatic heterocycles. The number of sulfonamides is 1. The lowest BCUT2D eigenvalue weighted by Crippen LogP contribution is -2.53. The van der Waals surface area contributed by atoms with Gasteiger partial charge in [0.2, 0.25) is 11.8 Å². The quantitative estimate of drug-likeness (QED) is 0.125. The summed E-state index contributed by atoms with van der Waals surface area (Å²) in [5, 5.41) is 2.97. The maximum Gasteiger partial charge on any atom is 0.264 e. The molecular weight excluding hydrogens is 698 g/mol. The summed E-state index contributed by atoms with van der Waals surface area (Å²) < 4.78 is 36.5. The van der Waals surface area contributed by atoms with E-state index in [9.17, 15) is 18.0 Å². The Bertz CT molecular complexity index is 1740. The van der Waals surface area contributed by atoms with Crippen molar-refractivity contribution in [1.82, 2.24) is 10.2 Å². The number of hydrogen-bond acceptors (Lipinski definition) is 6. The molecule has 0 fully saturated rings. The Kier molecular flexibility index (Phi) is 13.3. The molecule has 4 rings (SSSR count). The topological polar surface area (TPSA) is 96.0 Å². The van der Waals surface area contributed by atoms with Gasteiger partial charge >= 0.3 is 0 Å². The number of rotatable bonds is 16. The van der Waals surface area contributed by atoms with Gasteiger partial charge in [0.25, 0.3) is 10.0 Å². The third-order valence-electron chi connectivity index (χ3n) is 7.42. The molecule has 0 spiro atoms. The Balaban J connectivity index is 1.83. The number of para-hydroxylation sites is 2. The van der Waals surface area contributed by atoms with Gasteiger partial charge in [-0.1, -0.05) is 77.5 Å². The summed E-state index contributed by atoms with van der Waals surface area (Å²) in [6.07, 6.45) is 2.88. The molecule has 0 aliphatic carbocycles. The number of nitrogens with zero attached hydrogens (tertiary/aromatic N) is 2. The van der Waals surface area contributed by atoms with E-state index in [0.717, 1.165) is 31.2 Å². The van der Waals surface area contributed by atoms with Crippen molar-refractivity contribution in [3.8, 4) is 5.75 Å². The van der Waals surface area contributed by atoms with E-state index in [4.69, 9.17) is 4.74 Å². The lowest BCUT2D eigenvalue weighted by Gasteiger charge is -2.34. The molecule has 2 amide bonds. The minimum absolute atomic E-state index is 0.0365. The van der Waals surface area contributed by atoms with Gasteiger partial charge in [-0.05, 0) is 79.3 Å². The normalized spacial score (nSPS) is 11.8. The minimum atomic E-state index is -4.26. The predicted molar refractivity (Wildman–Crippen MR) is 192 cm³/mol. The highest BCUT2D eigenvalue weighted by atomic mass is 79.9. The molecule has 11 heteroatoms. The van der Waals surface area contributed by atoms with Crippen LogP contribution in [-0.2, 0) is 32.6 Å². The van der Waals surface area contributed by atoms with Crippen LogP contribution in [0.15, 0.2) is 117 Å². The SMILES string of the molecule is CCCNC(=O)C(Cc1ccccc1)N(Cc1cccc(Br)c1)C(=O)CN(c1ccccc1OCC)S(=O)(=O)c1ccc(SC)cc1. The summed E-state index contributed by atoms with van der Waals surface area (Å²) in [6, 6.07) is 29.4. The molecule has 0 radical (unpaired) electrons. The van der Waals surface area contributed by atoms with E-state index in [1.165, 1.54) is 28.8 Å². The third-order valence-corrected chi connectivity index (χ3v) is 10.4. The van der Waals surface area contributed by atoms with Crippen LogP contribution in [0.1, 0.15) is 31.4 Å². The van der Waals surface area contributed by atoms with Crippen LogP contribution in [0.5, 0.6) is 5.75 Å². The number of anilines is 1. The molecule has 0 bridgehead atoms. The first kappa shape index (κ1) is 36.0. The van der Waals surface area contributed by atoms with E-state index in [0.29, 0.717) is 18.9 Å². The van der Waals surface area contributed by atoms with Crippen molar-refractivity contribution in [2.75, 3.05) is 30.3 Å². The summed E-state index contributed by atoms with van der Waals surface area (Å²) in [7, 11) is -4.26. The number of nitrogens with one attached hydrogen (secondary N) is 1. The molecule has 0 aliphatic heterocycles. The number of amides is 2. The molecule has 1 N–H and O–H groups in total. The standard InChI is InChI=1S/C36H40BrN3O5S2/c1-4-22-38-36(42)33(24-27-12-7-6-8-13-27)39(25-28-14-11-15-29(37)23-28)35(41)26-40(32-16-9-10-17-34(32)45-5-2)47(43,44)31-20-18-30(46-3)19-21-31/h6-21,23,33H,4-5,22,24-26H2,1-3H3,(H,38,42). The van der Waals surface area contributed by atoms with Crippen LogP contribution in [0.25, 0.3) is 0 Å². The molecule has 1 atom stereocenters. The summed E-state index contributed by atoms with van der Waals surface area (Å²) >= 11 is 5.01. The first-order chi connectivity index (χ1) is 22.7. The highest BCUT2D eigenvalue weighted by Gasteiger charge is 2.35. The summed E-state index contributed by atoms with van der Waals surface area (Å²) in [4.78, 5) is 30.9. The van der Waals surface area contributed by atoms with Crippen LogP contribution in [0, 0.1) is 0 Å². The predicted octanol–water partition coefficient (Wildman–Crippen LogP) is 6.93. The van der Waals surface area contributed by atoms with E-state index in [-0.39, 0.29) is 29.5 Å². The van der Waals surface area contributed by atoms with Gasteiger partial charge in [0, 0.05) is 28.9 Å². The largest absolute Gasteiger partial charge is 0.492 e. The molecular formula is C36H40BrN3O5S2. The van der Waals surface area contributed by atoms with Gasteiger partial charge in [-0.25, -0.2) is 8.42 Å². The van der Waals surface area contributed by atoms with Crippen LogP contribution >= 0.6 is 27.7 Å². The van der Waals surface area contributed by atoms with Crippen molar-refractivity contribution in [3.63, 3.8) is 0 Å². The number of ether oxygens (including phenoxy) is 1. The number of thioether (sulfide) groups is 1. The van der Waals surface area contributed by atoms with Crippen molar-refractivity contribution >= 4 is 55.2 Å². The fourth-order valence-corrected chi connectivity index (χ4v) is 7.36. The number of halogens is 1. The molecule has 0 saturated heterocycles. The molecule has 47 heavy (non-hydrogen) atoms. The highest BCUT2D eigenvalue weighted by molar-refractivity contribution is 9.10. The molecule has 0 saturated carbocycles. The second kappa shape index (κ2) is 17.4. The molecule has 0 aliphatic rings. The molecule has 1 unspecified atom stereocenters. The lowest BCUT2D eigenvalue weighted by atomic mass is 10.0. The highest BCUT2D eigenvalue weighted by Crippen LogP contribution is 2.33. The zero-order chi connectivity index (χ0) is 33.8. The van der Waals surface area contributed by atoms with Gasteiger partial charge in [-0.2, -0.15) is 0 Å². The number of carbonyl (C=O) groups excluding carboxylic acids is 2. The fourth-order valence-electron chi connectivity index (χ4n) is 5.08. The lowest BCUT2D eigenvalue weighted by molar-refractivity contribution is -0.140. The van der Waals surface area contributed by atoms with Crippen LogP contribution in [0.3, 0.4) is 0 Å². The Morgan fingerprint density at radius 3 is 2.23 bits per heavy atom. The van der Waals surface area contributed by atoms with Crippen LogP contribution < -0.4 is 14.4 Å². The summed E-state index contributed by atoms with van der Waals surface area (Å²) in [6.45, 7) is 4.03. The Morgan fingerprint density at radius 1 is 0.894 bits per heavy atom. The number of carbonyl (C=O) groups is 2. The Morgan fingerprint density at radius 2 is 1.57 bits per heavy atom. The van der Waals surface area contributed by atoms with Gasteiger partial charge in [-0.15, -0.1) is 11.8 Å². The maximum absolute atomic E-state index is 14.7. The average Bonchev–Trinajstić information content (AvgIpc) is 3.08. The van der Waals surface area contributed by atoms with Crippen molar-refractivity contribution in [2.24, 2.45) is 0 Å². The van der Waals surface area contributed by atoms with Gasteiger partial charge < -0.3 is 15.0 Å². The van der Waals surface area contributed by atoms with Gasteiger partial charge in [-0.3, -0.25) is 13.9 Å². The molecule has 248 valence electrons. The van der Waals surface area contributed by atoms with E-state index < -0.39 is 28.5 Å². The van der Waals surface area contributed by atoms with Crippen LogP contribution in [0.2, 0.25) is 0 Å².